The third kappa shape index (κ3) is 4.36. The van der Waals surface area contributed by atoms with Gasteiger partial charge in [-0.2, -0.15) is 5.10 Å². The fraction of sp³-hybridized carbons (Fsp3) is 0.111. The van der Waals surface area contributed by atoms with Crippen molar-refractivity contribution in [3.05, 3.63) is 87.0 Å². The lowest BCUT2D eigenvalue weighted by atomic mass is 10.2. The number of aromatic amines is 1. The molecule has 0 saturated heterocycles. The lowest BCUT2D eigenvalue weighted by Crippen LogP contribution is -2.11. The summed E-state index contributed by atoms with van der Waals surface area (Å²) in [5.74, 6) is 0.356. The average molecular weight is 360 g/mol. The van der Waals surface area contributed by atoms with E-state index in [9.17, 15) is 9.18 Å². The molecule has 0 radical (unpaired) electrons. The van der Waals surface area contributed by atoms with Crippen molar-refractivity contribution >= 4 is 17.3 Å². The molecule has 0 fully saturated rings. The number of anilines is 1. The normalized spacial score (nSPS) is 10.5. The van der Waals surface area contributed by atoms with Crippen LogP contribution in [-0.4, -0.2) is 10.2 Å². The second-order valence-corrected chi connectivity index (χ2v) is 5.68. The molecule has 1 aromatic heterocycles. The van der Waals surface area contributed by atoms with E-state index < -0.39 is 5.56 Å². The summed E-state index contributed by atoms with van der Waals surface area (Å²) in [6.45, 7) is 0.636. The van der Waals surface area contributed by atoms with Crippen molar-refractivity contribution in [2.45, 2.75) is 13.2 Å². The van der Waals surface area contributed by atoms with Crippen LogP contribution in [0.5, 0.6) is 5.75 Å². The molecule has 25 heavy (non-hydrogen) atoms. The molecule has 0 bridgehead atoms. The Bertz CT molecular complexity index is 913. The lowest BCUT2D eigenvalue weighted by Gasteiger charge is -2.09. The number of nitrogens with zero attached hydrogens (tertiary/aromatic N) is 1. The van der Waals surface area contributed by atoms with E-state index in [-0.39, 0.29) is 17.4 Å². The van der Waals surface area contributed by atoms with Crippen LogP contribution in [0.4, 0.5) is 10.1 Å². The van der Waals surface area contributed by atoms with Gasteiger partial charge < -0.3 is 10.1 Å². The maximum absolute atomic E-state index is 13.6. The number of hydrogen-bond donors (Lipinski definition) is 2. The number of halogens is 2. The maximum atomic E-state index is 13.6. The Balaban J connectivity index is 1.58. The van der Waals surface area contributed by atoms with Crippen molar-refractivity contribution in [1.29, 1.82) is 0 Å². The Morgan fingerprint density at radius 3 is 2.68 bits per heavy atom. The molecule has 3 rings (SSSR count). The van der Waals surface area contributed by atoms with E-state index in [4.69, 9.17) is 16.3 Å². The number of benzene rings is 2. The molecule has 0 aliphatic heterocycles. The summed E-state index contributed by atoms with van der Waals surface area (Å²) in [7, 11) is 0. The minimum absolute atomic E-state index is 0.0693. The molecule has 3 aromatic rings. The first-order valence-corrected chi connectivity index (χ1v) is 7.93. The standard InChI is InChI=1S/C18H15ClFN3O2/c19-17-16(10-22-23-18(17)24)21-9-12-5-7-14(8-6-12)25-11-13-3-1-2-4-15(13)20/h1-8,10H,9,11H2,(H2,21,23,24). The molecule has 0 unspecified atom stereocenters. The second kappa shape index (κ2) is 7.81. The van der Waals surface area contributed by atoms with Crippen molar-refractivity contribution in [2.75, 3.05) is 5.32 Å². The smallest absolute Gasteiger partial charge is 0.285 e. The Kier molecular flexibility index (Phi) is 5.30. The summed E-state index contributed by atoms with van der Waals surface area (Å²) in [6.07, 6.45) is 1.45. The Labute approximate surface area is 148 Å². The van der Waals surface area contributed by atoms with Gasteiger partial charge in [0.15, 0.2) is 0 Å². The molecule has 0 saturated carbocycles. The van der Waals surface area contributed by atoms with Crippen LogP contribution in [0.2, 0.25) is 5.02 Å². The highest BCUT2D eigenvalue weighted by molar-refractivity contribution is 6.32. The number of nitrogens with one attached hydrogen (secondary N) is 2. The van der Waals surface area contributed by atoms with Crippen LogP contribution in [0.15, 0.2) is 59.5 Å². The number of aromatic nitrogens is 2. The highest BCUT2D eigenvalue weighted by Crippen LogP contribution is 2.18. The molecule has 0 aliphatic rings. The number of rotatable bonds is 6. The lowest BCUT2D eigenvalue weighted by molar-refractivity contribution is 0.300. The predicted molar refractivity (Wildman–Crippen MR) is 94.4 cm³/mol. The van der Waals surface area contributed by atoms with Gasteiger partial charge in [0.2, 0.25) is 0 Å². The minimum Gasteiger partial charge on any atom is -0.489 e. The van der Waals surface area contributed by atoms with Crippen LogP contribution in [0.25, 0.3) is 0 Å². The number of ether oxygens (including phenoxy) is 1. The predicted octanol–water partition coefficient (Wildman–Crippen LogP) is 3.75. The molecule has 0 spiro atoms. The quantitative estimate of drug-likeness (QED) is 0.703. The Morgan fingerprint density at radius 2 is 1.92 bits per heavy atom. The SMILES string of the molecule is O=c1[nH]ncc(NCc2ccc(OCc3ccccc3F)cc2)c1Cl. The first-order valence-electron chi connectivity index (χ1n) is 7.55. The van der Waals surface area contributed by atoms with Gasteiger partial charge in [0.25, 0.3) is 5.56 Å². The van der Waals surface area contributed by atoms with E-state index in [1.165, 1.54) is 12.3 Å². The largest absolute Gasteiger partial charge is 0.489 e. The Morgan fingerprint density at radius 1 is 1.16 bits per heavy atom. The van der Waals surface area contributed by atoms with Crippen LogP contribution >= 0.6 is 11.6 Å². The number of H-pyrrole nitrogens is 1. The zero-order valence-corrected chi connectivity index (χ0v) is 13.9. The summed E-state index contributed by atoms with van der Waals surface area (Å²) < 4.78 is 19.1. The molecule has 2 aromatic carbocycles. The highest BCUT2D eigenvalue weighted by atomic mass is 35.5. The summed E-state index contributed by atoms with van der Waals surface area (Å²) in [5.41, 5.74) is 1.49. The minimum atomic E-state index is -0.441. The molecule has 2 N–H and O–H groups in total. The summed E-state index contributed by atoms with van der Waals surface area (Å²) in [5, 5.41) is 9.07. The second-order valence-electron chi connectivity index (χ2n) is 5.30. The van der Waals surface area contributed by atoms with Gasteiger partial charge >= 0.3 is 0 Å². The summed E-state index contributed by atoms with van der Waals surface area (Å²) in [4.78, 5) is 11.4. The van der Waals surface area contributed by atoms with Crippen molar-refractivity contribution in [3.63, 3.8) is 0 Å². The van der Waals surface area contributed by atoms with Gasteiger partial charge in [-0.05, 0) is 23.8 Å². The van der Waals surface area contributed by atoms with Gasteiger partial charge in [0.05, 0.1) is 11.9 Å². The first-order chi connectivity index (χ1) is 12.1. The van der Waals surface area contributed by atoms with Crippen molar-refractivity contribution in [2.24, 2.45) is 0 Å². The van der Waals surface area contributed by atoms with Gasteiger partial charge in [0.1, 0.15) is 23.2 Å². The zero-order valence-electron chi connectivity index (χ0n) is 13.1. The molecule has 128 valence electrons. The van der Waals surface area contributed by atoms with Crippen molar-refractivity contribution in [3.8, 4) is 5.75 Å². The van der Waals surface area contributed by atoms with E-state index in [0.717, 1.165) is 5.56 Å². The van der Waals surface area contributed by atoms with E-state index in [2.05, 4.69) is 15.5 Å². The molecule has 1 heterocycles. The van der Waals surface area contributed by atoms with E-state index >= 15 is 0 Å². The average Bonchev–Trinajstić information content (AvgIpc) is 2.63. The van der Waals surface area contributed by atoms with Crippen molar-refractivity contribution in [1.82, 2.24) is 10.2 Å². The molecule has 0 atom stereocenters. The Hall–Kier alpha value is -2.86. The van der Waals surface area contributed by atoms with Crippen LogP contribution in [0.3, 0.4) is 0 Å². The third-order valence-electron chi connectivity index (χ3n) is 3.55. The zero-order chi connectivity index (χ0) is 17.6. The molecule has 7 heteroatoms. The fourth-order valence-electron chi connectivity index (χ4n) is 2.18. The molecule has 0 amide bonds. The topological polar surface area (TPSA) is 67.0 Å². The summed E-state index contributed by atoms with van der Waals surface area (Å²) >= 11 is 5.90. The number of hydrogen-bond acceptors (Lipinski definition) is 4. The van der Waals surface area contributed by atoms with Gasteiger partial charge in [0, 0.05) is 12.1 Å². The molecular weight excluding hydrogens is 345 g/mol. The van der Waals surface area contributed by atoms with Crippen LogP contribution in [0, 0.1) is 5.82 Å². The van der Waals surface area contributed by atoms with E-state index in [1.54, 1.807) is 30.3 Å². The van der Waals surface area contributed by atoms with Gasteiger partial charge in [-0.3, -0.25) is 4.79 Å². The fourth-order valence-corrected chi connectivity index (χ4v) is 2.34. The van der Waals surface area contributed by atoms with Gasteiger partial charge in [-0.25, -0.2) is 9.49 Å². The first kappa shape index (κ1) is 17.0. The highest BCUT2D eigenvalue weighted by Gasteiger charge is 2.05. The van der Waals surface area contributed by atoms with Gasteiger partial charge in [-0.1, -0.05) is 41.9 Å². The molecule has 0 aliphatic carbocycles. The molecular formula is C18H15ClFN3O2. The summed E-state index contributed by atoms with van der Waals surface area (Å²) in [6, 6.07) is 13.9. The maximum Gasteiger partial charge on any atom is 0.285 e. The van der Waals surface area contributed by atoms with Crippen LogP contribution in [0.1, 0.15) is 11.1 Å². The van der Waals surface area contributed by atoms with E-state index in [0.29, 0.717) is 23.5 Å². The third-order valence-corrected chi connectivity index (χ3v) is 3.93. The molecule has 5 nitrogen and oxygen atoms in total. The van der Waals surface area contributed by atoms with Crippen LogP contribution in [-0.2, 0) is 13.2 Å². The van der Waals surface area contributed by atoms with Crippen molar-refractivity contribution < 1.29 is 9.13 Å². The monoisotopic (exact) mass is 359 g/mol. The van der Waals surface area contributed by atoms with Crippen LogP contribution < -0.4 is 15.6 Å². The van der Waals surface area contributed by atoms with E-state index in [1.807, 2.05) is 12.1 Å². The van der Waals surface area contributed by atoms with Gasteiger partial charge in [-0.15, -0.1) is 0 Å².